The Labute approximate surface area is 184 Å². The van der Waals surface area contributed by atoms with Crippen LogP contribution >= 0.6 is 0 Å². The van der Waals surface area contributed by atoms with Gasteiger partial charge < -0.3 is 15.1 Å². The molecular weight excluding hydrogens is 388 g/mol. The van der Waals surface area contributed by atoms with Crippen LogP contribution in [0.4, 0.5) is 10.5 Å². The molecular formula is C25H32N4O2. The molecule has 0 radical (unpaired) electrons. The number of rotatable bonds is 5. The zero-order chi connectivity index (χ0) is 22.0. The van der Waals surface area contributed by atoms with Gasteiger partial charge in [0.1, 0.15) is 0 Å². The largest absolute Gasteiger partial charge is 0.342 e. The molecule has 164 valence electrons. The third-order valence-corrected chi connectivity index (χ3v) is 6.90. The molecule has 2 aliphatic heterocycles. The normalized spacial score (nSPS) is 19.3. The zero-order valence-corrected chi connectivity index (χ0v) is 18.7. The Balaban J connectivity index is 1.28. The number of pyridine rings is 1. The van der Waals surface area contributed by atoms with Crippen molar-refractivity contribution in [3.8, 4) is 0 Å². The Bertz CT molecular complexity index is 920. The predicted octanol–water partition coefficient (Wildman–Crippen LogP) is 4.47. The number of carbonyl (C=O) groups excluding carboxylic acids is 2. The minimum atomic E-state index is -0.296. The molecule has 1 aromatic heterocycles. The lowest BCUT2D eigenvalue weighted by molar-refractivity contribution is -0.139. The first-order chi connectivity index (χ1) is 14.9. The molecule has 1 atom stereocenters. The number of likely N-dealkylation sites (tertiary alicyclic amines) is 2. The number of nitrogens with zero attached hydrogens (tertiary/aromatic N) is 3. The van der Waals surface area contributed by atoms with Crippen LogP contribution in [0.1, 0.15) is 56.6 Å². The van der Waals surface area contributed by atoms with Gasteiger partial charge in [0.2, 0.25) is 5.91 Å². The van der Waals surface area contributed by atoms with E-state index >= 15 is 0 Å². The summed E-state index contributed by atoms with van der Waals surface area (Å²) in [7, 11) is 0. The SMILES string of the molecule is CCC(C)(C)C(=O)N1CCC(c2ccc(NC(=O)N3CC(c4cccnc4)C3)cc2)C1. The lowest BCUT2D eigenvalue weighted by Crippen LogP contribution is -2.50. The van der Waals surface area contributed by atoms with Gasteiger partial charge in [0.25, 0.3) is 0 Å². The fourth-order valence-electron chi connectivity index (χ4n) is 4.31. The lowest BCUT2D eigenvalue weighted by atomic mass is 9.88. The molecule has 1 N–H and O–H groups in total. The smallest absolute Gasteiger partial charge is 0.321 e. The summed E-state index contributed by atoms with van der Waals surface area (Å²) in [5.41, 5.74) is 2.91. The summed E-state index contributed by atoms with van der Waals surface area (Å²) < 4.78 is 0. The highest BCUT2D eigenvalue weighted by molar-refractivity contribution is 5.90. The number of nitrogens with one attached hydrogen (secondary N) is 1. The lowest BCUT2D eigenvalue weighted by Gasteiger charge is -2.39. The van der Waals surface area contributed by atoms with E-state index in [0.29, 0.717) is 11.8 Å². The fourth-order valence-corrected chi connectivity index (χ4v) is 4.31. The van der Waals surface area contributed by atoms with Gasteiger partial charge in [-0.05, 0) is 42.2 Å². The maximum Gasteiger partial charge on any atom is 0.321 e. The van der Waals surface area contributed by atoms with Crippen LogP contribution in [0.15, 0.2) is 48.8 Å². The van der Waals surface area contributed by atoms with Crippen molar-refractivity contribution in [2.45, 2.75) is 45.4 Å². The topological polar surface area (TPSA) is 65.5 Å². The molecule has 1 unspecified atom stereocenters. The van der Waals surface area contributed by atoms with Crippen LogP contribution in [-0.4, -0.2) is 52.9 Å². The molecule has 31 heavy (non-hydrogen) atoms. The van der Waals surface area contributed by atoms with E-state index in [1.807, 2.05) is 48.0 Å². The van der Waals surface area contributed by atoms with Gasteiger partial charge in [-0.1, -0.05) is 39.0 Å². The summed E-state index contributed by atoms with van der Waals surface area (Å²) in [4.78, 5) is 33.2. The number of urea groups is 1. The monoisotopic (exact) mass is 420 g/mol. The molecule has 2 fully saturated rings. The summed E-state index contributed by atoms with van der Waals surface area (Å²) >= 11 is 0. The van der Waals surface area contributed by atoms with Crippen LogP contribution in [0.5, 0.6) is 0 Å². The van der Waals surface area contributed by atoms with Crippen LogP contribution in [0, 0.1) is 5.41 Å². The van der Waals surface area contributed by atoms with Gasteiger partial charge in [-0.15, -0.1) is 0 Å². The number of anilines is 1. The minimum Gasteiger partial charge on any atom is -0.342 e. The van der Waals surface area contributed by atoms with Gasteiger partial charge in [-0.25, -0.2) is 4.79 Å². The average molecular weight is 421 g/mol. The Morgan fingerprint density at radius 3 is 2.39 bits per heavy atom. The average Bonchev–Trinajstić information content (AvgIpc) is 3.23. The van der Waals surface area contributed by atoms with Crippen molar-refractivity contribution in [3.63, 3.8) is 0 Å². The van der Waals surface area contributed by atoms with Crippen LogP contribution in [-0.2, 0) is 4.79 Å². The van der Waals surface area contributed by atoms with Gasteiger partial charge in [-0.3, -0.25) is 9.78 Å². The molecule has 2 aliphatic rings. The molecule has 0 aliphatic carbocycles. The van der Waals surface area contributed by atoms with Gasteiger partial charge in [0.05, 0.1) is 0 Å². The molecule has 3 amide bonds. The standard InChI is InChI=1S/C25H32N4O2/c1-4-25(2,3)23(30)28-13-11-20(15-28)18-7-9-22(10-8-18)27-24(31)29-16-21(17-29)19-6-5-12-26-14-19/h5-10,12,14,20-21H,4,11,13,15-17H2,1-3H3,(H,27,31). The van der Waals surface area contributed by atoms with Gasteiger partial charge in [-0.2, -0.15) is 0 Å². The molecule has 6 heteroatoms. The van der Waals surface area contributed by atoms with E-state index in [1.165, 1.54) is 11.1 Å². The summed E-state index contributed by atoms with van der Waals surface area (Å²) in [5.74, 6) is 0.977. The highest BCUT2D eigenvalue weighted by Gasteiger charge is 2.35. The van der Waals surface area contributed by atoms with E-state index in [0.717, 1.165) is 44.7 Å². The van der Waals surface area contributed by atoms with Crippen molar-refractivity contribution in [1.29, 1.82) is 0 Å². The summed E-state index contributed by atoms with van der Waals surface area (Å²) in [5, 5.41) is 3.00. The molecule has 6 nitrogen and oxygen atoms in total. The number of aromatic nitrogens is 1. The quantitative estimate of drug-likeness (QED) is 0.776. The van der Waals surface area contributed by atoms with Gasteiger partial charge in [0.15, 0.2) is 0 Å². The second-order valence-electron chi connectivity index (χ2n) is 9.41. The third kappa shape index (κ3) is 4.58. The molecule has 2 aromatic rings. The Kier molecular flexibility index (Phi) is 5.99. The van der Waals surface area contributed by atoms with Crippen molar-refractivity contribution in [3.05, 3.63) is 59.9 Å². The number of hydrogen-bond donors (Lipinski definition) is 1. The molecule has 4 rings (SSSR count). The van der Waals surface area contributed by atoms with E-state index in [9.17, 15) is 9.59 Å². The number of carbonyl (C=O) groups is 2. The molecule has 2 saturated heterocycles. The summed E-state index contributed by atoms with van der Waals surface area (Å²) in [6, 6.07) is 12.0. The number of benzene rings is 1. The highest BCUT2D eigenvalue weighted by Crippen LogP contribution is 2.32. The van der Waals surface area contributed by atoms with Crippen molar-refractivity contribution in [2.75, 3.05) is 31.5 Å². The number of hydrogen-bond acceptors (Lipinski definition) is 3. The first-order valence-electron chi connectivity index (χ1n) is 11.2. The molecule has 3 heterocycles. The predicted molar refractivity (Wildman–Crippen MR) is 122 cm³/mol. The second kappa shape index (κ2) is 8.69. The van der Waals surface area contributed by atoms with E-state index < -0.39 is 0 Å². The first kappa shape index (κ1) is 21.3. The highest BCUT2D eigenvalue weighted by atomic mass is 16.2. The van der Waals surface area contributed by atoms with E-state index in [4.69, 9.17) is 0 Å². The number of amides is 3. The van der Waals surface area contributed by atoms with Crippen LogP contribution < -0.4 is 5.32 Å². The van der Waals surface area contributed by atoms with Gasteiger partial charge >= 0.3 is 6.03 Å². The van der Waals surface area contributed by atoms with Crippen LogP contribution in [0.25, 0.3) is 0 Å². The van der Waals surface area contributed by atoms with Crippen LogP contribution in [0.2, 0.25) is 0 Å². The minimum absolute atomic E-state index is 0.0627. The molecule has 0 bridgehead atoms. The summed E-state index contributed by atoms with van der Waals surface area (Å²) in [6.45, 7) is 9.15. The maximum atomic E-state index is 12.7. The van der Waals surface area contributed by atoms with Crippen molar-refractivity contribution < 1.29 is 9.59 Å². The van der Waals surface area contributed by atoms with E-state index in [-0.39, 0.29) is 17.4 Å². The van der Waals surface area contributed by atoms with E-state index in [1.54, 1.807) is 6.20 Å². The first-order valence-corrected chi connectivity index (χ1v) is 11.2. The summed E-state index contributed by atoms with van der Waals surface area (Å²) in [6.07, 6.45) is 5.48. The van der Waals surface area contributed by atoms with Crippen LogP contribution in [0.3, 0.4) is 0 Å². The fraction of sp³-hybridized carbons (Fsp3) is 0.480. The van der Waals surface area contributed by atoms with Gasteiger partial charge in [0, 0.05) is 61.5 Å². The molecule has 1 aromatic carbocycles. The van der Waals surface area contributed by atoms with E-state index in [2.05, 4.69) is 35.4 Å². The Morgan fingerprint density at radius 2 is 1.74 bits per heavy atom. The van der Waals surface area contributed by atoms with Crippen molar-refractivity contribution in [2.24, 2.45) is 5.41 Å². The zero-order valence-electron chi connectivity index (χ0n) is 18.7. The Hall–Kier alpha value is -2.89. The Morgan fingerprint density at radius 1 is 1.03 bits per heavy atom. The third-order valence-electron chi connectivity index (χ3n) is 6.90. The van der Waals surface area contributed by atoms with Crippen molar-refractivity contribution >= 4 is 17.6 Å². The maximum absolute atomic E-state index is 12.7. The van der Waals surface area contributed by atoms with Crippen molar-refractivity contribution in [1.82, 2.24) is 14.8 Å². The molecule has 0 spiro atoms. The molecule has 0 saturated carbocycles. The second-order valence-corrected chi connectivity index (χ2v) is 9.41.